The zero-order valence-electron chi connectivity index (χ0n) is 17.2. The molecule has 0 aliphatic carbocycles. The summed E-state index contributed by atoms with van der Waals surface area (Å²) in [6.45, 7) is 7.32. The number of hydrogen-bond acceptors (Lipinski definition) is 6. The highest BCUT2D eigenvalue weighted by Gasteiger charge is 2.27. The molecule has 0 atom stereocenters. The molecule has 1 aliphatic heterocycles. The Hall–Kier alpha value is -2.91. The molecule has 9 heteroatoms. The number of pyridine rings is 1. The van der Waals surface area contributed by atoms with Gasteiger partial charge in [-0.25, -0.2) is 13.4 Å². The van der Waals surface area contributed by atoms with Gasteiger partial charge in [-0.15, -0.1) is 0 Å². The van der Waals surface area contributed by atoms with E-state index in [1.165, 1.54) is 0 Å². The summed E-state index contributed by atoms with van der Waals surface area (Å²) in [5.41, 5.74) is 2.92. The Balaban J connectivity index is 1.64. The van der Waals surface area contributed by atoms with E-state index < -0.39 is 10.0 Å². The number of anilines is 2. The first-order chi connectivity index (χ1) is 14.5. The fourth-order valence-corrected chi connectivity index (χ4v) is 5.23. The van der Waals surface area contributed by atoms with Crippen molar-refractivity contribution in [3.05, 3.63) is 65.6 Å². The van der Waals surface area contributed by atoms with Gasteiger partial charge in [0.2, 0.25) is 0 Å². The van der Waals surface area contributed by atoms with Gasteiger partial charge in [0.1, 0.15) is 4.90 Å². The Morgan fingerprint density at radius 3 is 2.53 bits per heavy atom. The number of aromatic nitrogens is 3. The van der Waals surface area contributed by atoms with E-state index in [4.69, 9.17) is 0 Å². The zero-order chi connectivity index (χ0) is 21.1. The average Bonchev–Trinajstić information content (AvgIpc) is 3.03. The molecule has 0 amide bonds. The zero-order valence-corrected chi connectivity index (χ0v) is 18.0. The molecule has 8 nitrogen and oxygen atoms in total. The molecular weight excluding hydrogens is 400 g/mol. The Morgan fingerprint density at radius 1 is 1.07 bits per heavy atom. The molecule has 1 aliphatic rings. The molecular formula is C21H26N6O2S. The van der Waals surface area contributed by atoms with Crippen LogP contribution in [0.2, 0.25) is 0 Å². The molecule has 0 bridgehead atoms. The van der Waals surface area contributed by atoms with Crippen molar-refractivity contribution in [2.24, 2.45) is 0 Å². The predicted molar refractivity (Wildman–Crippen MR) is 117 cm³/mol. The van der Waals surface area contributed by atoms with Crippen molar-refractivity contribution in [1.29, 1.82) is 0 Å². The van der Waals surface area contributed by atoms with E-state index in [0.717, 1.165) is 37.4 Å². The highest BCUT2D eigenvalue weighted by molar-refractivity contribution is 7.92. The van der Waals surface area contributed by atoms with Gasteiger partial charge in [-0.1, -0.05) is 30.3 Å². The average molecular weight is 427 g/mol. The second-order valence-corrected chi connectivity index (χ2v) is 8.98. The Labute approximate surface area is 177 Å². The van der Waals surface area contributed by atoms with Crippen LogP contribution in [0.3, 0.4) is 0 Å². The van der Waals surface area contributed by atoms with Crippen LogP contribution in [0.5, 0.6) is 0 Å². The molecule has 158 valence electrons. The lowest BCUT2D eigenvalue weighted by atomic mass is 10.2. The van der Waals surface area contributed by atoms with Gasteiger partial charge < -0.3 is 10.2 Å². The monoisotopic (exact) mass is 426 g/mol. The van der Waals surface area contributed by atoms with Crippen molar-refractivity contribution in [3.8, 4) is 0 Å². The standard InChI is InChI=1S/C21H26N6O2S/c1-16-20(17(2)27(24-16)15-18-7-4-3-5-8-18)30(28,29)25-21-19(9-6-10-23-21)26-13-11-22-12-14-26/h3-10,22H,11-15H2,1-2H3,(H,23,25). The maximum Gasteiger partial charge on any atom is 0.266 e. The first kappa shape index (κ1) is 20.4. The highest BCUT2D eigenvalue weighted by atomic mass is 32.2. The van der Waals surface area contributed by atoms with Gasteiger partial charge in [0.05, 0.1) is 23.6 Å². The van der Waals surface area contributed by atoms with Crippen LogP contribution in [-0.2, 0) is 16.6 Å². The van der Waals surface area contributed by atoms with Crippen LogP contribution < -0.4 is 14.9 Å². The van der Waals surface area contributed by atoms with Gasteiger partial charge in [-0.3, -0.25) is 9.40 Å². The van der Waals surface area contributed by atoms with Crippen LogP contribution in [0, 0.1) is 13.8 Å². The summed E-state index contributed by atoms with van der Waals surface area (Å²) in [4.78, 5) is 6.66. The largest absolute Gasteiger partial charge is 0.366 e. The first-order valence-corrected chi connectivity index (χ1v) is 11.5. The quantitative estimate of drug-likeness (QED) is 0.628. The lowest BCUT2D eigenvalue weighted by Crippen LogP contribution is -2.43. The van der Waals surface area contributed by atoms with E-state index in [0.29, 0.717) is 23.8 Å². The van der Waals surface area contributed by atoms with Crippen molar-refractivity contribution < 1.29 is 8.42 Å². The molecule has 0 spiro atoms. The minimum absolute atomic E-state index is 0.204. The van der Waals surface area contributed by atoms with Crippen LogP contribution in [0.25, 0.3) is 0 Å². The predicted octanol–water partition coefficient (Wildman–Crippen LogP) is 2.15. The Morgan fingerprint density at radius 2 is 1.80 bits per heavy atom. The Kier molecular flexibility index (Phi) is 5.74. The van der Waals surface area contributed by atoms with Crippen LogP contribution in [0.1, 0.15) is 17.0 Å². The molecule has 1 saturated heterocycles. The van der Waals surface area contributed by atoms with E-state index in [2.05, 4.69) is 25.0 Å². The van der Waals surface area contributed by atoms with Gasteiger partial charge in [-0.2, -0.15) is 5.10 Å². The summed E-state index contributed by atoms with van der Waals surface area (Å²) >= 11 is 0. The van der Waals surface area contributed by atoms with Crippen molar-refractivity contribution in [3.63, 3.8) is 0 Å². The number of rotatable bonds is 6. The van der Waals surface area contributed by atoms with Gasteiger partial charge in [0, 0.05) is 32.4 Å². The molecule has 1 fully saturated rings. The molecule has 0 saturated carbocycles. The Bertz CT molecular complexity index is 1120. The summed E-state index contributed by atoms with van der Waals surface area (Å²) in [5, 5.41) is 7.79. The highest BCUT2D eigenvalue weighted by Crippen LogP contribution is 2.28. The lowest BCUT2D eigenvalue weighted by Gasteiger charge is -2.30. The van der Waals surface area contributed by atoms with E-state index >= 15 is 0 Å². The van der Waals surface area contributed by atoms with Gasteiger partial charge in [-0.05, 0) is 31.5 Å². The topological polar surface area (TPSA) is 92.1 Å². The third-order valence-corrected chi connectivity index (χ3v) is 6.82. The molecule has 0 unspecified atom stereocenters. The van der Waals surface area contributed by atoms with E-state index in [9.17, 15) is 8.42 Å². The summed E-state index contributed by atoms with van der Waals surface area (Å²) in [6, 6.07) is 13.6. The number of aryl methyl sites for hydroxylation is 1. The minimum Gasteiger partial charge on any atom is -0.366 e. The van der Waals surface area contributed by atoms with Gasteiger partial charge in [0.15, 0.2) is 5.82 Å². The van der Waals surface area contributed by atoms with Crippen LogP contribution in [0.4, 0.5) is 11.5 Å². The number of benzene rings is 1. The van der Waals surface area contributed by atoms with E-state index in [1.54, 1.807) is 24.7 Å². The summed E-state index contributed by atoms with van der Waals surface area (Å²) < 4.78 is 31.1. The summed E-state index contributed by atoms with van der Waals surface area (Å²) in [5.74, 6) is 0.342. The molecule has 2 N–H and O–H groups in total. The first-order valence-electron chi connectivity index (χ1n) is 9.97. The molecule has 3 aromatic rings. The number of hydrogen-bond donors (Lipinski definition) is 2. The molecule has 0 radical (unpaired) electrons. The fraction of sp³-hybridized carbons (Fsp3) is 0.333. The van der Waals surface area contributed by atoms with Crippen molar-refractivity contribution in [2.75, 3.05) is 35.8 Å². The number of nitrogens with zero attached hydrogens (tertiary/aromatic N) is 4. The SMILES string of the molecule is Cc1nn(Cc2ccccc2)c(C)c1S(=O)(=O)Nc1ncccc1N1CCNCC1. The van der Waals surface area contributed by atoms with E-state index in [-0.39, 0.29) is 4.90 Å². The van der Waals surface area contributed by atoms with Crippen molar-refractivity contribution in [1.82, 2.24) is 20.1 Å². The molecule has 4 rings (SSSR count). The van der Waals surface area contributed by atoms with Crippen LogP contribution in [0.15, 0.2) is 53.6 Å². The normalized spacial score (nSPS) is 14.7. The number of piperazine rings is 1. The maximum atomic E-state index is 13.3. The maximum absolute atomic E-state index is 13.3. The second kappa shape index (κ2) is 8.45. The van der Waals surface area contributed by atoms with Gasteiger partial charge in [0.25, 0.3) is 10.0 Å². The molecule has 2 aromatic heterocycles. The molecule has 3 heterocycles. The second-order valence-electron chi connectivity index (χ2n) is 7.36. The van der Waals surface area contributed by atoms with Crippen molar-refractivity contribution in [2.45, 2.75) is 25.3 Å². The lowest BCUT2D eigenvalue weighted by molar-refractivity contribution is 0.588. The fourth-order valence-electron chi connectivity index (χ4n) is 3.79. The summed E-state index contributed by atoms with van der Waals surface area (Å²) in [6.07, 6.45) is 1.60. The van der Waals surface area contributed by atoms with Crippen molar-refractivity contribution >= 4 is 21.5 Å². The smallest absolute Gasteiger partial charge is 0.266 e. The molecule has 1 aromatic carbocycles. The third-order valence-electron chi connectivity index (χ3n) is 5.23. The molecule has 30 heavy (non-hydrogen) atoms. The summed E-state index contributed by atoms with van der Waals surface area (Å²) in [7, 11) is -3.85. The minimum atomic E-state index is -3.85. The number of nitrogens with one attached hydrogen (secondary N) is 2. The third kappa shape index (κ3) is 4.17. The van der Waals surface area contributed by atoms with Crippen LogP contribution in [-0.4, -0.2) is 49.4 Å². The van der Waals surface area contributed by atoms with Gasteiger partial charge >= 0.3 is 0 Å². The number of sulfonamides is 1. The van der Waals surface area contributed by atoms with E-state index in [1.807, 2.05) is 42.5 Å². The van der Waals surface area contributed by atoms with Crippen LogP contribution >= 0.6 is 0 Å².